The molecule has 2 unspecified atom stereocenters. The zero-order valence-corrected chi connectivity index (χ0v) is 17.1. The van der Waals surface area contributed by atoms with Gasteiger partial charge in [-0.3, -0.25) is 4.98 Å². The van der Waals surface area contributed by atoms with E-state index in [1.54, 1.807) is 12.3 Å². The minimum atomic E-state index is -1.16. The van der Waals surface area contributed by atoms with Crippen LogP contribution in [-0.2, 0) is 18.0 Å². The Morgan fingerprint density at radius 1 is 0.935 bits per heavy atom. The molecule has 7 nitrogen and oxygen atoms in total. The van der Waals surface area contributed by atoms with Gasteiger partial charge in [-0.25, -0.2) is 4.79 Å². The van der Waals surface area contributed by atoms with E-state index in [0.717, 1.165) is 11.1 Å². The fraction of sp³-hybridized carbons (Fsp3) is 0.250. The zero-order chi connectivity index (χ0) is 21.9. The topological polar surface area (TPSA) is 101 Å². The Morgan fingerprint density at radius 3 is 2.26 bits per heavy atom. The predicted octanol–water partition coefficient (Wildman–Crippen LogP) is 3.37. The van der Waals surface area contributed by atoms with Gasteiger partial charge in [-0.05, 0) is 23.6 Å². The number of pyridine rings is 1. The highest BCUT2D eigenvalue weighted by Gasteiger charge is 2.19. The van der Waals surface area contributed by atoms with Crippen molar-refractivity contribution in [3.05, 3.63) is 95.8 Å². The van der Waals surface area contributed by atoms with Crippen molar-refractivity contribution in [2.75, 3.05) is 6.54 Å². The normalized spacial score (nSPS) is 12.6. The Morgan fingerprint density at radius 2 is 1.58 bits per heavy atom. The SMILES string of the molecule is O=C(NCCC(O)C(O)c1cncc(OCc2ccccc2)c1)OCc1ccccc1. The minimum Gasteiger partial charge on any atom is -0.487 e. The molecule has 1 heterocycles. The van der Waals surface area contributed by atoms with Crippen LogP contribution in [0, 0.1) is 0 Å². The summed E-state index contributed by atoms with van der Waals surface area (Å²) in [5, 5.41) is 23.3. The molecule has 7 heteroatoms. The van der Waals surface area contributed by atoms with Gasteiger partial charge in [0.05, 0.1) is 12.3 Å². The lowest BCUT2D eigenvalue weighted by Gasteiger charge is -2.18. The molecule has 0 aliphatic heterocycles. The van der Waals surface area contributed by atoms with Crippen molar-refractivity contribution < 1.29 is 24.5 Å². The Bertz CT molecular complexity index is 937. The van der Waals surface area contributed by atoms with Crippen molar-refractivity contribution in [2.24, 2.45) is 0 Å². The van der Waals surface area contributed by atoms with Crippen LogP contribution in [-0.4, -0.2) is 33.9 Å². The third-order valence-electron chi connectivity index (χ3n) is 4.61. The summed E-state index contributed by atoms with van der Waals surface area (Å²) in [6.07, 6.45) is 0.358. The number of ether oxygens (including phenoxy) is 2. The first-order valence-electron chi connectivity index (χ1n) is 10.0. The minimum absolute atomic E-state index is 0.150. The first-order valence-corrected chi connectivity index (χ1v) is 10.0. The van der Waals surface area contributed by atoms with Gasteiger partial charge in [0.1, 0.15) is 25.1 Å². The van der Waals surface area contributed by atoms with Gasteiger partial charge in [0.15, 0.2) is 0 Å². The van der Waals surface area contributed by atoms with Crippen LogP contribution in [0.3, 0.4) is 0 Å². The van der Waals surface area contributed by atoms with Crippen LogP contribution < -0.4 is 10.1 Å². The van der Waals surface area contributed by atoms with Crippen LogP contribution in [0.5, 0.6) is 5.75 Å². The predicted molar refractivity (Wildman–Crippen MR) is 115 cm³/mol. The van der Waals surface area contributed by atoms with E-state index in [-0.39, 0.29) is 19.6 Å². The van der Waals surface area contributed by atoms with Gasteiger partial charge in [0, 0.05) is 18.3 Å². The van der Waals surface area contributed by atoms with E-state index in [1.807, 2.05) is 60.7 Å². The maximum Gasteiger partial charge on any atom is 0.407 e. The van der Waals surface area contributed by atoms with Crippen LogP contribution >= 0.6 is 0 Å². The van der Waals surface area contributed by atoms with E-state index in [4.69, 9.17) is 9.47 Å². The Hall–Kier alpha value is -3.42. The molecule has 3 rings (SSSR count). The molecule has 0 saturated carbocycles. The molecule has 0 spiro atoms. The molecular formula is C24H26N2O5. The van der Waals surface area contributed by atoms with Crippen molar-refractivity contribution in [1.82, 2.24) is 10.3 Å². The van der Waals surface area contributed by atoms with Gasteiger partial charge >= 0.3 is 6.09 Å². The summed E-state index contributed by atoms with van der Waals surface area (Å²) in [5.74, 6) is 0.496. The number of alkyl carbamates (subject to hydrolysis) is 1. The van der Waals surface area contributed by atoms with Crippen LogP contribution in [0.25, 0.3) is 0 Å². The number of amides is 1. The van der Waals surface area contributed by atoms with E-state index >= 15 is 0 Å². The molecule has 1 aromatic heterocycles. The zero-order valence-electron chi connectivity index (χ0n) is 17.1. The molecular weight excluding hydrogens is 396 g/mol. The lowest BCUT2D eigenvalue weighted by atomic mass is 10.0. The second-order valence-corrected chi connectivity index (χ2v) is 7.02. The maximum absolute atomic E-state index is 11.8. The maximum atomic E-state index is 11.8. The summed E-state index contributed by atoms with van der Waals surface area (Å²) in [6.45, 7) is 0.697. The highest BCUT2D eigenvalue weighted by atomic mass is 16.5. The standard InChI is InChI=1S/C24H26N2O5/c27-22(11-12-26-24(29)31-17-19-9-5-2-6-10-19)23(28)20-13-21(15-25-14-20)30-16-18-7-3-1-4-8-18/h1-10,13-15,22-23,27-28H,11-12,16-17H2,(H,26,29). The Kier molecular flexibility index (Phi) is 8.39. The molecule has 2 atom stereocenters. The second kappa shape index (κ2) is 11.7. The quantitative estimate of drug-likeness (QED) is 0.463. The van der Waals surface area contributed by atoms with Crippen LogP contribution in [0.1, 0.15) is 29.2 Å². The largest absolute Gasteiger partial charge is 0.487 e. The average molecular weight is 422 g/mol. The number of aliphatic hydroxyl groups is 2. The van der Waals surface area contributed by atoms with Gasteiger partial charge in [-0.15, -0.1) is 0 Å². The highest BCUT2D eigenvalue weighted by molar-refractivity contribution is 5.67. The van der Waals surface area contributed by atoms with Gasteiger partial charge in [-0.2, -0.15) is 0 Å². The molecule has 0 bridgehead atoms. The van der Waals surface area contributed by atoms with E-state index in [9.17, 15) is 15.0 Å². The summed E-state index contributed by atoms with van der Waals surface area (Å²) in [5.41, 5.74) is 2.33. The number of carbonyl (C=O) groups excluding carboxylic acids is 1. The number of rotatable bonds is 10. The number of aromatic nitrogens is 1. The summed E-state index contributed by atoms with van der Waals surface area (Å²) in [7, 11) is 0. The first kappa shape index (κ1) is 22.3. The van der Waals surface area contributed by atoms with Gasteiger partial charge < -0.3 is 25.0 Å². The number of nitrogens with zero attached hydrogens (tertiary/aromatic N) is 1. The van der Waals surface area contributed by atoms with Gasteiger partial charge in [0.2, 0.25) is 0 Å². The molecule has 3 aromatic rings. The van der Waals surface area contributed by atoms with Crippen molar-refractivity contribution in [3.8, 4) is 5.75 Å². The van der Waals surface area contributed by atoms with Crippen LogP contribution in [0.4, 0.5) is 4.79 Å². The van der Waals surface area contributed by atoms with Gasteiger partial charge in [-0.1, -0.05) is 60.7 Å². The van der Waals surface area contributed by atoms with Crippen molar-refractivity contribution in [3.63, 3.8) is 0 Å². The Balaban J connectivity index is 1.41. The van der Waals surface area contributed by atoms with Crippen molar-refractivity contribution >= 4 is 6.09 Å². The molecule has 0 aliphatic carbocycles. The fourth-order valence-corrected chi connectivity index (χ4v) is 2.89. The number of hydrogen-bond acceptors (Lipinski definition) is 6. The van der Waals surface area contributed by atoms with E-state index in [0.29, 0.717) is 17.9 Å². The molecule has 31 heavy (non-hydrogen) atoms. The van der Waals surface area contributed by atoms with E-state index in [1.165, 1.54) is 6.20 Å². The van der Waals surface area contributed by atoms with E-state index < -0.39 is 18.3 Å². The average Bonchev–Trinajstić information content (AvgIpc) is 2.82. The number of benzene rings is 2. The lowest BCUT2D eigenvalue weighted by Crippen LogP contribution is -2.29. The summed E-state index contributed by atoms with van der Waals surface area (Å²) in [4.78, 5) is 15.8. The molecule has 0 radical (unpaired) electrons. The van der Waals surface area contributed by atoms with Crippen LogP contribution in [0.2, 0.25) is 0 Å². The van der Waals surface area contributed by atoms with Crippen LogP contribution in [0.15, 0.2) is 79.1 Å². The molecule has 0 saturated heterocycles. The third-order valence-corrected chi connectivity index (χ3v) is 4.61. The molecule has 1 amide bonds. The first-order chi connectivity index (χ1) is 15.1. The molecule has 3 N–H and O–H groups in total. The molecule has 2 aromatic carbocycles. The van der Waals surface area contributed by atoms with E-state index in [2.05, 4.69) is 10.3 Å². The lowest BCUT2D eigenvalue weighted by molar-refractivity contribution is 0.0133. The summed E-state index contributed by atoms with van der Waals surface area (Å²) >= 11 is 0. The highest BCUT2D eigenvalue weighted by Crippen LogP contribution is 2.22. The van der Waals surface area contributed by atoms with Gasteiger partial charge in [0.25, 0.3) is 0 Å². The smallest absolute Gasteiger partial charge is 0.407 e. The van der Waals surface area contributed by atoms with Crippen molar-refractivity contribution in [1.29, 1.82) is 0 Å². The number of nitrogens with one attached hydrogen (secondary N) is 1. The number of carbonyl (C=O) groups is 1. The number of hydrogen-bond donors (Lipinski definition) is 3. The molecule has 0 aliphatic rings. The summed E-state index contributed by atoms with van der Waals surface area (Å²) in [6, 6.07) is 20.7. The third kappa shape index (κ3) is 7.40. The summed E-state index contributed by atoms with van der Waals surface area (Å²) < 4.78 is 10.8. The fourth-order valence-electron chi connectivity index (χ4n) is 2.89. The number of aliphatic hydroxyl groups excluding tert-OH is 2. The molecule has 0 fully saturated rings. The Labute approximate surface area is 181 Å². The monoisotopic (exact) mass is 422 g/mol. The molecule has 162 valence electrons. The van der Waals surface area contributed by atoms with Crippen molar-refractivity contribution in [2.45, 2.75) is 31.8 Å². The second-order valence-electron chi connectivity index (χ2n) is 7.02.